The lowest BCUT2D eigenvalue weighted by molar-refractivity contribution is 0.102. The number of H-pyrrole nitrogens is 1. The number of aryl methyl sites for hydroxylation is 1. The number of hydrogen-bond acceptors (Lipinski definition) is 7. The van der Waals surface area contributed by atoms with Crippen molar-refractivity contribution in [3.05, 3.63) is 59.8 Å². The molecule has 0 aliphatic rings. The Morgan fingerprint density at radius 3 is 2.39 bits per heavy atom. The van der Waals surface area contributed by atoms with E-state index < -0.39 is 21.8 Å². The van der Waals surface area contributed by atoms with Gasteiger partial charge in [-0.2, -0.15) is 5.10 Å². The van der Waals surface area contributed by atoms with Crippen molar-refractivity contribution < 1.29 is 27.8 Å². The number of carbonyl (C=O) groups excluding carboxylic acids is 1. The van der Waals surface area contributed by atoms with E-state index in [1.165, 1.54) is 36.4 Å². The van der Waals surface area contributed by atoms with E-state index in [1.807, 2.05) is 6.92 Å². The van der Waals surface area contributed by atoms with Gasteiger partial charge in [0.15, 0.2) is 15.7 Å². The highest BCUT2D eigenvalue weighted by Crippen LogP contribution is 2.29. The van der Waals surface area contributed by atoms with Crippen molar-refractivity contribution >= 4 is 21.6 Å². The number of nitrogens with zero attached hydrogens (tertiary/aromatic N) is 1. The zero-order chi connectivity index (χ0) is 22.6. The predicted molar refractivity (Wildman–Crippen MR) is 115 cm³/mol. The molecule has 9 nitrogen and oxygen atoms in total. The Labute approximate surface area is 179 Å². The van der Waals surface area contributed by atoms with Gasteiger partial charge in [0.1, 0.15) is 23.4 Å². The van der Waals surface area contributed by atoms with Crippen LogP contribution in [0, 0.1) is 6.92 Å². The molecule has 1 unspecified atom stereocenters. The van der Waals surface area contributed by atoms with E-state index in [4.69, 9.17) is 9.47 Å². The first-order valence-electron chi connectivity index (χ1n) is 9.38. The second kappa shape index (κ2) is 9.19. The summed E-state index contributed by atoms with van der Waals surface area (Å²) in [7, 11) is -3.32. The molecule has 3 N–H and O–H groups in total. The van der Waals surface area contributed by atoms with Crippen LogP contribution in [0.3, 0.4) is 0 Å². The Bertz CT molecular complexity index is 1170. The summed E-state index contributed by atoms with van der Waals surface area (Å²) in [5.41, 5.74) is 1.05. The minimum atomic E-state index is -3.32. The van der Waals surface area contributed by atoms with Gasteiger partial charge in [0, 0.05) is 29.6 Å². The number of anilines is 1. The predicted octanol–water partition coefficient (Wildman–Crippen LogP) is 2.93. The minimum absolute atomic E-state index is 0.170. The fourth-order valence-electron chi connectivity index (χ4n) is 2.66. The van der Waals surface area contributed by atoms with Crippen molar-refractivity contribution in [1.82, 2.24) is 10.2 Å². The molecule has 0 saturated carbocycles. The molecular weight excluding hydrogens is 422 g/mol. The van der Waals surface area contributed by atoms with Crippen LogP contribution in [-0.4, -0.2) is 48.6 Å². The number of amides is 1. The maximum absolute atomic E-state index is 12.7. The molecule has 0 spiro atoms. The summed E-state index contributed by atoms with van der Waals surface area (Å²) in [6, 6.07) is 12.2. The van der Waals surface area contributed by atoms with Crippen molar-refractivity contribution in [3.8, 4) is 17.2 Å². The van der Waals surface area contributed by atoms with Gasteiger partial charge in [-0.05, 0) is 50.2 Å². The van der Waals surface area contributed by atoms with Crippen LogP contribution < -0.4 is 14.8 Å². The normalized spacial score (nSPS) is 12.3. The van der Waals surface area contributed by atoms with E-state index in [9.17, 15) is 18.3 Å². The molecule has 3 rings (SSSR count). The summed E-state index contributed by atoms with van der Waals surface area (Å²) < 4.78 is 34.7. The highest BCUT2D eigenvalue weighted by molar-refractivity contribution is 7.90. The molecule has 1 heterocycles. The molecule has 3 aromatic rings. The SMILES string of the molecule is Cc1cc(NC(=O)c2cc(Oc3ccc(S(C)(=O)=O)cc3)cc(OC(C)CO)c2)n[nH]1. The number of nitrogens with one attached hydrogen (secondary N) is 2. The van der Waals surface area contributed by atoms with Gasteiger partial charge in [-0.3, -0.25) is 9.89 Å². The number of rotatable bonds is 8. The summed E-state index contributed by atoms with van der Waals surface area (Å²) in [6.07, 6.45) is 0.631. The maximum atomic E-state index is 12.7. The Morgan fingerprint density at radius 2 is 1.81 bits per heavy atom. The lowest BCUT2D eigenvalue weighted by atomic mass is 10.2. The van der Waals surface area contributed by atoms with E-state index in [0.717, 1.165) is 11.9 Å². The summed E-state index contributed by atoms with van der Waals surface area (Å²) in [5, 5.41) is 18.7. The van der Waals surface area contributed by atoms with Gasteiger partial charge in [-0.15, -0.1) is 0 Å². The van der Waals surface area contributed by atoms with Crippen LogP contribution in [-0.2, 0) is 9.84 Å². The molecular formula is C21H23N3O6S. The molecule has 1 atom stereocenters. The molecule has 164 valence electrons. The van der Waals surface area contributed by atoms with Crippen molar-refractivity contribution in [2.24, 2.45) is 0 Å². The largest absolute Gasteiger partial charge is 0.488 e. The van der Waals surface area contributed by atoms with Crippen LogP contribution >= 0.6 is 0 Å². The minimum Gasteiger partial charge on any atom is -0.488 e. The Kier molecular flexibility index (Phi) is 6.62. The number of ether oxygens (including phenoxy) is 2. The van der Waals surface area contributed by atoms with Crippen molar-refractivity contribution in [3.63, 3.8) is 0 Å². The molecule has 0 bridgehead atoms. The fraction of sp³-hybridized carbons (Fsp3) is 0.238. The van der Waals surface area contributed by atoms with Crippen molar-refractivity contribution in [2.75, 3.05) is 18.2 Å². The second-order valence-corrected chi connectivity index (χ2v) is 9.06. The van der Waals surface area contributed by atoms with Crippen LogP contribution in [0.15, 0.2) is 53.4 Å². The molecule has 2 aromatic carbocycles. The Balaban J connectivity index is 1.88. The monoisotopic (exact) mass is 445 g/mol. The fourth-order valence-corrected chi connectivity index (χ4v) is 3.29. The summed E-state index contributed by atoms with van der Waals surface area (Å²) in [5.74, 6) is 0.963. The van der Waals surface area contributed by atoms with Crippen molar-refractivity contribution in [1.29, 1.82) is 0 Å². The first-order valence-corrected chi connectivity index (χ1v) is 11.3. The third-order valence-electron chi connectivity index (χ3n) is 4.17. The molecule has 0 radical (unpaired) electrons. The standard InChI is InChI=1S/C21H23N3O6S/c1-13-8-20(24-23-13)22-21(26)15-9-17(29-14(2)12-25)11-18(10-15)30-16-4-6-19(7-5-16)31(3,27)28/h4-11,14,25H,12H2,1-3H3,(H2,22,23,24,26). The smallest absolute Gasteiger partial charge is 0.257 e. The van der Waals surface area contributed by atoms with Crippen LogP contribution in [0.4, 0.5) is 5.82 Å². The zero-order valence-electron chi connectivity index (χ0n) is 17.2. The zero-order valence-corrected chi connectivity index (χ0v) is 18.1. The third-order valence-corrected chi connectivity index (χ3v) is 5.30. The lowest BCUT2D eigenvalue weighted by Gasteiger charge is -2.15. The number of benzene rings is 2. The molecule has 0 aliphatic heterocycles. The van der Waals surface area contributed by atoms with Gasteiger partial charge in [0.05, 0.1) is 11.5 Å². The molecule has 0 saturated heterocycles. The molecule has 31 heavy (non-hydrogen) atoms. The lowest BCUT2D eigenvalue weighted by Crippen LogP contribution is -2.17. The quantitative estimate of drug-likeness (QED) is 0.486. The van der Waals surface area contributed by atoms with E-state index in [0.29, 0.717) is 23.1 Å². The highest BCUT2D eigenvalue weighted by Gasteiger charge is 2.14. The van der Waals surface area contributed by atoms with Gasteiger partial charge in [0.2, 0.25) is 0 Å². The van der Waals surface area contributed by atoms with Crippen LogP contribution in [0.1, 0.15) is 23.0 Å². The van der Waals surface area contributed by atoms with Gasteiger partial charge in [-0.25, -0.2) is 8.42 Å². The number of carbonyl (C=O) groups is 1. The molecule has 0 aliphatic carbocycles. The molecule has 1 aromatic heterocycles. The Hall–Kier alpha value is -3.37. The first kappa shape index (κ1) is 22.3. The number of aromatic nitrogens is 2. The Morgan fingerprint density at radius 1 is 1.13 bits per heavy atom. The van der Waals surface area contributed by atoms with Gasteiger partial charge in [-0.1, -0.05) is 0 Å². The molecule has 10 heteroatoms. The van der Waals surface area contributed by atoms with E-state index in [1.54, 1.807) is 19.1 Å². The van der Waals surface area contributed by atoms with Crippen LogP contribution in [0.25, 0.3) is 0 Å². The van der Waals surface area contributed by atoms with E-state index in [2.05, 4.69) is 15.5 Å². The van der Waals surface area contributed by atoms with Crippen LogP contribution in [0.5, 0.6) is 17.2 Å². The van der Waals surface area contributed by atoms with Gasteiger partial charge in [0.25, 0.3) is 5.91 Å². The van der Waals surface area contributed by atoms with E-state index >= 15 is 0 Å². The van der Waals surface area contributed by atoms with Gasteiger partial charge >= 0.3 is 0 Å². The number of aliphatic hydroxyl groups excluding tert-OH is 1. The van der Waals surface area contributed by atoms with Crippen molar-refractivity contribution in [2.45, 2.75) is 24.8 Å². The summed E-state index contributed by atoms with van der Waals surface area (Å²) in [4.78, 5) is 12.9. The number of aliphatic hydroxyl groups is 1. The van der Waals surface area contributed by atoms with E-state index in [-0.39, 0.29) is 17.1 Å². The van der Waals surface area contributed by atoms with Crippen LogP contribution in [0.2, 0.25) is 0 Å². The first-order chi connectivity index (χ1) is 14.6. The number of aromatic amines is 1. The second-order valence-electron chi connectivity index (χ2n) is 7.04. The number of sulfone groups is 1. The highest BCUT2D eigenvalue weighted by atomic mass is 32.2. The molecule has 0 fully saturated rings. The molecule has 1 amide bonds. The summed E-state index contributed by atoms with van der Waals surface area (Å²) >= 11 is 0. The average Bonchev–Trinajstić information content (AvgIpc) is 3.12. The topological polar surface area (TPSA) is 131 Å². The third kappa shape index (κ3) is 6.06. The average molecular weight is 445 g/mol. The summed E-state index contributed by atoms with van der Waals surface area (Å²) in [6.45, 7) is 3.30. The van der Waals surface area contributed by atoms with Gasteiger partial charge < -0.3 is 19.9 Å². The number of hydrogen-bond donors (Lipinski definition) is 3. The maximum Gasteiger partial charge on any atom is 0.257 e.